The minimum atomic E-state index is 0.355. The van der Waals surface area contributed by atoms with Crippen molar-refractivity contribution in [1.29, 1.82) is 0 Å². The third-order valence-corrected chi connectivity index (χ3v) is 2.40. The number of ether oxygens (including phenoxy) is 2. The first-order valence-corrected chi connectivity index (χ1v) is 5.56. The lowest BCUT2D eigenvalue weighted by molar-refractivity contribution is 0.301. The van der Waals surface area contributed by atoms with Gasteiger partial charge in [-0.1, -0.05) is 11.2 Å². The minimum Gasteiger partial charge on any atom is -0.487 e. The number of rotatable bonds is 5. The Morgan fingerprint density at radius 2 is 2.32 bits per heavy atom. The van der Waals surface area contributed by atoms with Gasteiger partial charge in [-0.3, -0.25) is 4.98 Å². The van der Waals surface area contributed by atoms with Gasteiger partial charge in [0.1, 0.15) is 12.4 Å². The average Bonchev–Trinajstić information content (AvgIpc) is 2.47. The van der Waals surface area contributed by atoms with E-state index in [4.69, 9.17) is 14.7 Å². The molecule has 0 atom stereocenters. The number of nitrogens with zero attached hydrogens (tertiary/aromatic N) is 3. The molecule has 19 heavy (non-hydrogen) atoms. The van der Waals surface area contributed by atoms with Gasteiger partial charge in [-0.25, -0.2) is 4.98 Å². The lowest BCUT2D eigenvalue weighted by Gasteiger charge is -2.09. The van der Waals surface area contributed by atoms with Crippen molar-refractivity contribution >= 4 is 6.21 Å². The summed E-state index contributed by atoms with van der Waals surface area (Å²) in [6.45, 7) is 0.355. The summed E-state index contributed by atoms with van der Waals surface area (Å²) in [6, 6.07) is 5.36. The highest BCUT2D eigenvalue weighted by molar-refractivity contribution is 5.83. The summed E-state index contributed by atoms with van der Waals surface area (Å²) in [5.41, 5.74) is 1.52. The van der Waals surface area contributed by atoms with E-state index < -0.39 is 0 Å². The lowest BCUT2D eigenvalue weighted by atomic mass is 10.2. The van der Waals surface area contributed by atoms with Crippen LogP contribution >= 0.6 is 0 Å². The molecule has 2 heterocycles. The van der Waals surface area contributed by atoms with Gasteiger partial charge in [0.25, 0.3) is 0 Å². The Bertz CT molecular complexity index is 558. The molecule has 0 radical (unpaired) electrons. The van der Waals surface area contributed by atoms with Crippen molar-refractivity contribution in [2.24, 2.45) is 5.16 Å². The van der Waals surface area contributed by atoms with Gasteiger partial charge in [-0.2, -0.15) is 0 Å². The fraction of sp³-hybridized carbons (Fsp3) is 0.154. The molecule has 0 aliphatic heterocycles. The normalized spacial score (nSPS) is 10.6. The summed E-state index contributed by atoms with van der Waals surface area (Å²) in [7, 11) is 1.51. The third-order valence-electron chi connectivity index (χ3n) is 2.40. The molecule has 0 bridgehead atoms. The van der Waals surface area contributed by atoms with Crippen molar-refractivity contribution in [2.75, 3.05) is 7.11 Å². The van der Waals surface area contributed by atoms with Crippen molar-refractivity contribution in [3.05, 3.63) is 47.9 Å². The van der Waals surface area contributed by atoms with Crippen LogP contribution in [0.4, 0.5) is 0 Å². The molecule has 98 valence electrons. The highest BCUT2D eigenvalue weighted by atomic mass is 16.5. The van der Waals surface area contributed by atoms with Gasteiger partial charge in [-0.15, -0.1) is 0 Å². The van der Waals surface area contributed by atoms with Crippen molar-refractivity contribution in [3.63, 3.8) is 0 Å². The van der Waals surface area contributed by atoms with Crippen LogP contribution in [-0.2, 0) is 6.61 Å². The molecule has 0 aromatic carbocycles. The van der Waals surface area contributed by atoms with Gasteiger partial charge in [0.2, 0.25) is 5.88 Å². The van der Waals surface area contributed by atoms with Crippen LogP contribution < -0.4 is 9.47 Å². The number of aromatic nitrogens is 2. The molecular formula is C13H13N3O3. The van der Waals surface area contributed by atoms with E-state index in [-0.39, 0.29) is 0 Å². The molecule has 0 fully saturated rings. The van der Waals surface area contributed by atoms with Gasteiger partial charge in [0, 0.05) is 29.6 Å². The van der Waals surface area contributed by atoms with Crippen LogP contribution in [0.5, 0.6) is 11.6 Å². The quantitative estimate of drug-likeness (QED) is 0.504. The maximum absolute atomic E-state index is 8.64. The number of oxime groups is 1. The summed E-state index contributed by atoms with van der Waals surface area (Å²) >= 11 is 0. The molecule has 2 aromatic rings. The number of methoxy groups -OCH3 is 1. The van der Waals surface area contributed by atoms with E-state index in [1.54, 1.807) is 18.5 Å². The van der Waals surface area contributed by atoms with Crippen LogP contribution in [0.1, 0.15) is 11.1 Å². The van der Waals surface area contributed by atoms with Crippen LogP contribution in [-0.4, -0.2) is 28.5 Å². The van der Waals surface area contributed by atoms with Gasteiger partial charge in [0.15, 0.2) is 0 Å². The number of hydrogen-bond donors (Lipinski definition) is 1. The van der Waals surface area contributed by atoms with Crippen LogP contribution in [0.3, 0.4) is 0 Å². The third kappa shape index (κ3) is 3.41. The molecule has 0 saturated carbocycles. The molecule has 0 unspecified atom stereocenters. The Balaban J connectivity index is 2.15. The molecule has 6 nitrogen and oxygen atoms in total. The highest BCUT2D eigenvalue weighted by Gasteiger charge is 2.06. The zero-order valence-corrected chi connectivity index (χ0v) is 10.4. The second-order valence-corrected chi connectivity index (χ2v) is 3.66. The molecule has 6 heteroatoms. The predicted molar refractivity (Wildman–Crippen MR) is 68.7 cm³/mol. The Labute approximate surface area is 110 Å². The summed E-state index contributed by atoms with van der Waals surface area (Å²) in [5.74, 6) is 0.922. The molecule has 0 saturated heterocycles. The van der Waals surface area contributed by atoms with Crippen LogP contribution in [0.15, 0.2) is 41.9 Å². The second kappa shape index (κ2) is 6.34. The smallest absolute Gasteiger partial charge is 0.213 e. The van der Waals surface area contributed by atoms with Crippen molar-refractivity contribution in [1.82, 2.24) is 9.97 Å². The molecule has 2 rings (SSSR count). The van der Waals surface area contributed by atoms with Crippen molar-refractivity contribution in [3.8, 4) is 11.6 Å². The van der Waals surface area contributed by atoms with E-state index in [1.165, 1.54) is 19.5 Å². The minimum absolute atomic E-state index is 0.355. The van der Waals surface area contributed by atoms with Crippen molar-refractivity contribution < 1.29 is 14.7 Å². The maximum atomic E-state index is 8.64. The average molecular weight is 259 g/mol. The molecule has 0 amide bonds. The van der Waals surface area contributed by atoms with E-state index in [1.807, 2.05) is 12.1 Å². The van der Waals surface area contributed by atoms with E-state index >= 15 is 0 Å². The topological polar surface area (TPSA) is 76.8 Å². The zero-order chi connectivity index (χ0) is 13.5. The van der Waals surface area contributed by atoms with Crippen molar-refractivity contribution in [2.45, 2.75) is 6.61 Å². The van der Waals surface area contributed by atoms with Crippen LogP contribution in [0, 0.1) is 0 Å². The monoisotopic (exact) mass is 259 g/mol. The zero-order valence-electron chi connectivity index (χ0n) is 10.4. The summed E-state index contributed by atoms with van der Waals surface area (Å²) in [6.07, 6.45) is 6.20. The van der Waals surface area contributed by atoms with Gasteiger partial charge in [-0.05, 0) is 6.07 Å². The van der Waals surface area contributed by atoms with E-state index in [0.29, 0.717) is 23.8 Å². The Kier molecular flexibility index (Phi) is 4.28. The Hall–Kier alpha value is -2.63. The molecule has 2 aromatic heterocycles. The maximum Gasteiger partial charge on any atom is 0.213 e. The summed E-state index contributed by atoms with van der Waals surface area (Å²) in [5, 5.41) is 11.6. The summed E-state index contributed by atoms with van der Waals surface area (Å²) in [4.78, 5) is 8.05. The fourth-order valence-corrected chi connectivity index (χ4v) is 1.48. The summed E-state index contributed by atoms with van der Waals surface area (Å²) < 4.78 is 10.6. The second-order valence-electron chi connectivity index (χ2n) is 3.66. The van der Waals surface area contributed by atoms with Gasteiger partial charge >= 0.3 is 0 Å². The van der Waals surface area contributed by atoms with Crippen LogP contribution in [0.25, 0.3) is 0 Å². The molecule has 0 aliphatic rings. The number of pyridine rings is 2. The molecule has 0 aliphatic carbocycles. The van der Waals surface area contributed by atoms with Gasteiger partial charge in [0.05, 0.1) is 19.5 Å². The van der Waals surface area contributed by atoms with Crippen LogP contribution in [0.2, 0.25) is 0 Å². The largest absolute Gasteiger partial charge is 0.487 e. The Morgan fingerprint density at radius 3 is 3.00 bits per heavy atom. The fourth-order valence-electron chi connectivity index (χ4n) is 1.48. The highest BCUT2D eigenvalue weighted by Crippen LogP contribution is 2.20. The first kappa shape index (κ1) is 12.8. The SMILES string of the molecule is COc1cc(/C=N/O)c(OCc2cccnc2)cn1. The predicted octanol–water partition coefficient (Wildman–Crippen LogP) is 1.87. The molecule has 1 N–H and O–H groups in total. The lowest BCUT2D eigenvalue weighted by Crippen LogP contribution is -2.00. The van der Waals surface area contributed by atoms with E-state index in [9.17, 15) is 0 Å². The first-order chi connectivity index (χ1) is 9.33. The van der Waals surface area contributed by atoms with E-state index in [0.717, 1.165) is 5.56 Å². The first-order valence-electron chi connectivity index (χ1n) is 5.56. The standard InChI is InChI=1S/C13H13N3O3/c1-18-13-5-11(7-16-17)12(8-15-13)19-9-10-3-2-4-14-6-10/h2-8,17H,9H2,1H3/b16-7+. The molecule has 0 spiro atoms. The van der Waals surface area contributed by atoms with E-state index in [2.05, 4.69) is 15.1 Å². The number of hydrogen-bond acceptors (Lipinski definition) is 6. The molecular weight excluding hydrogens is 246 g/mol. The Morgan fingerprint density at radius 1 is 1.42 bits per heavy atom. The van der Waals surface area contributed by atoms with Gasteiger partial charge < -0.3 is 14.7 Å².